The van der Waals surface area contributed by atoms with Crippen LogP contribution in [-0.4, -0.2) is 218 Å². The van der Waals surface area contributed by atoms with E-state index in [1.54, 1.807) is 13.8 Å². The summed E-state index contributed by atoms with van der Waals surface area (Å²) in [5, 5.41) is 101. The molecular weight excluding hydrogens is 1040 g/mol. The van der Waals surface area contributed by atoms with E-state index in [0.717, 1.165) is 103 Å². The first-order valence-corrected chi connectivity index (χ1v) is 29.8. The van der Waals surface area contributed by atoms with Crippen LogP contribution < -0.4 is 0 Å². The maximum Gasteiger partial charge on any atom is 0.306 e. The average molecular weight is 1140 g/mol. The molecule has 460 valence electrons. The van der Waals surface area contributed by atoms with Crippen LogP contribution in [0.15, 0.2) is 0 Å². The fourth-order valence-corrected chi connectivity index (χ4v) is 11.4. The Bertz CT molecular complexity index is 1770. The summed E-state index contributed by atoms with van der Waals surface area (Å²) in [6.45, 7) is 11.8. The zero-order valence-corrected chi connectivity index (χ0v) is 47.6. The van der Waals surface area contributed by atoms with Gasteiger partial charge < -0.3 is 103 Å². The summed E-state index contributed by atoms with van der Waals surface area (Å²) in [6.07, 6.45) is -21.5. The van der Waals surface area contributed by atoms with Crippen molar-refractivity contribution in [3.05, 3.63) is 0 Å². The van der Waals surface area contributed by atoms with Crippen LogP contribution >= 0.6 is 0 Å². The Balaban J connectivity index is 1.35. The van der Waals surface area contributed by atoms with Crippen molar-refractivity contribution in [3.63, 3.8) is 0 Å². The minimum atomic E-state index is -1.88. The predicted octanol–water partition coefficient (Wildman–Crippen LogP) is 2.95. The molecule has 0 aromatic heterocycles. The summed E-state index contributed by atoms with van der Waals surface area (Å²) in [7, 11) is 0. The third-order valence-electron chi connectivity index (χ3n) is 16.4. The smallest absolute Gasteiger partial charge is 0.306 e. The van der Waals surface area contributed by atoms with Gasteiger partial charge in [0.1, 0.15) is 79.4 Å². The Hall–Kier alpha value is -1.82. The molecule has 6 rings (SSSR count). The van der Waals surface area contributed by atoms with Crippen LogP contribution in [0.1, 0.15) is 183 Å². The van der Waals surface area contributed by atoms with E-state index in [0.29, 0.717) is 19.3 Å². The largest absolute Gasteiger partial charge is 0.456 e. The number of hydrogen-bond donors (Lipinski definition) is 9. The van der Waals surface area contributed by atoms with Crippen molar-refractivity contribution >= 4 is 11.9 Å². The van der Waals surface area contributed by atoms with Crippen molar-refractivity contribution in [2.24, 2.45) is 0 Å². The third-order valence-corrected chi connectivity index (χ3v) is 16.4. The lowest BCUT2D eigenvalue weighted by molar-refractivity contribution is -0.399. The van der Waals surface area contributed by atoms with Gasteiger partial charge in [0.15, 0.2) is 43.7 Å². The normalized spacial score (nSPS) is 44.3. The van der Waals surface area contributed by atoms with E-state index in [4.69, 9.17) is 56.8 Å². The van der Waals surface area contributed by atoms with E-state index in [1.165, 1.54) is 20.8 Å². The highest BCUT2D eigenvalue weighted by Crippen LogP contribution is 2.39. The Morgan fingerprint density at radius 2 is 0.937 bits per heavy atom. The van der Waals surface area contributed by atoms with Gasteiger partial charge in [-0.2, -0.15) is 0 Å². The molecule has 0 aliphatic carbocycles. The molecule has 9 N–H and O–H groups in total. The van der Waals surface area contributed by atoms with Crippen molar-refractivity contribution in [2.45, 2.75) is 343 Å². The van der Waals surface area contributed by atoms with Gasteiger partial charge in [0.2, 0.25) is 0 Å². The SMILES string of the molecule is CCCCCCCCCC(=O)OC1C(OC2C(C)OC3OC4C(OC(CCCCC)CCCCCCCCCC(=O)OC2C3O)OC(C)C(O)C4O)OC(C)C(OC2OC(C)C(O)C(O)C2O)C1OC1OC(C)C(O)C(O)C1O. The number of hydrogen-bond acceptors (Lipinski definition) is 23. The maximum atomic E-state index is 14.1. The summed E-state index contributed by atoms with van der Waals surface area (Å²) in [6, 6.07) is 0. The van der Waals surface area contributed by atoms with Crippen molar-refractivity contribution in [1.82, 2.24) is 0 Å². The fourth-order valence-electron chi connectivity index (χ4n) is 11.4. The minimum Gasteiger partial charge on any atom is -0.456 e. The molecule has 6 aliphatic heterocycles. The highest BCUT2D eigenvalue weighted by Gasteiger charge is 2.58. The molecule has 6 fully saturated rings. The monoisotopic (exact) mass is 1140 g/mol. The molecule has 6 saturated heterocycles. The Kier molecular flexibility index (Phi) is 27.2. The summed E-state index contributed by atoms with van der Waals surface area (Å²) in [5.41, 5.74) is 0. The predicted molar refractivity (Wildman–Crippen MR) is 278 cm³/mol. The first kappa shape index (κ1) is 66.3. The van der Waals surface area contributed by atoms with E-state index in [2.05, 4.69) is 13.8 Å². The second kappa shape index (κ2) is 32.5. The highest BCUT2D eigenvalue weighted by atomic mass is 16.8. The van der Waals surface area contributed by atoms with Crippen LogP contribution in [0.2, 0.25) is 0 Å². The van der Waals surface area contributed by atoms with E-state index in [1.807, 2.05) is 0 Å². The van der Waals surface area contributed by atoms with Crippen LogP contribution in [0.5, 0.6) is 0 Å². The van der Waals surface area contributed by atoms with Crippen LogP contribution in [0.3, 0.4) is 0 Å². The number of carbonyl (C=O) groups excluding carboxylic acids is 2. The zero-order chi connectivity index (χ0) is 57.5. The van der Waals surface area contributed by atoms with Gasteiger partial charge in [-0.25, -0.2) is 0 Å². The molecular formula is C56H98O23. The van der Waals surface area contributed by atoms with Crippen molar-refractivity contribution in [1.29, 1.82) is 0 Å². The topological polar surface area (TPSA) is 327 Å². The fraction of sp³-hybridized carbons (Fsp3) is 0.964. The number of ether oxygens (including phenoxy) is 12. The molecule has 26 atom stereocenters. The van der Waals surface area contributed by atoms with Gasteiger partial charge in [0.25, 0.3) is 0 Å². The van der Waals surface area contributed by atoms with Gasteiger partial charge in [-0.15, -0.1) is 0 Å². The van der Waals surface area contributed by atoms with E-state index < -0.39 is 165 Å². The van der Waals surface area contributed by atoms with Crippen LogP contribution in [0.4, 0.5) is 0 Å². The first-order chi connectivity index (χ1) is 37.7. The molecule has 23 heteroatoms. The quantitative estimate of drug-likeness (QED) is 0.0663. The standard InChI is InChI=1S/C56H98O23/c1-8-10-12-13-15-19-24-28-36(58)75-51-50(79-53-44(66)41(63)38(60)30(4)69-53)47(76-52-43(65)40(62)37(59)29(3)68-52)33(7)72-56(51)77-46-32(6)71-54-45(67)48(46)74-35(57)27-23-20-17-14-16-18-22-26-34(25-21-11-9-2)73-55-49(78-54)42(64)39(61)31(5)70-55/h29-34,37-56,59-67H,8-28H2,1-7H3. The number of rotatable bonds is 19. The van der Waals surface area contributed by atoms with E-state index in [9.17, 15) is 55.5 Å². The molecule has 26 unspecified atom stereocenters. The lowest BCUT2D eigenvalue weighted by atomic mass is 9.95. The maximum absolute atomic E-state index is 14.1. The van der Waals surface area contributed by atoms with Crippen LogP contribution in [0, 0.1) is 0 Å². The molecule has 0 aromatic rings. The lowest BCUT2D eigenvalue weighted by Crippen LogP contribution is -2.68. The molecule has 0 saturated carbocycles. The highest BCUT2D eigenvalue weighted by molar-refractivity contribution is 5.70. The molecule has 6 aliphatic rings. The van der Waals surface area contributed by atoms with Crippen molar-refractivity contribution in [2.75, 3.05) is 0 Å². The molecule has 23 nitrogen and oxygen atoms in total. The summed E-state index contributed by atoms with van der Waals surface area (Å²) < 4.78 is 75.9. The average Bonchev–Trinajstić information content (AvgIpc) is 3.43. The minimum absolute atomic E-state index is 0.0157. The number of unbranched alkanes of at least 4 members (excludes halogenated alkanes) is 8. The van der Waals surface area contributed by atoms with E-state index in [-0.39, 0.29) is 18.9 Å². The summed E-state index contributed by atoms with van der Waals surface area (Å²) >= 11 is 0. The first-order valence-electron chi connectivity index (χ1n) is 29.8. The number of fused-ring (bicyclic) bond motifs is 3. The Morgan fingerprint density at radius 1 is 0.443 bits per heavy atom. The van der Waals surface area contributed by atoms with Gasteiger partial charge >= 0.3 is 11.9 Å². The van der Waals surface area contributed by atoms with Gasteiger partial charge in [-0.3, -0.25) is 9.59 Å². The number of carbonyl (C=O) groups is 2. The molecule has 2 bridgehead atoms. The number of aliphatic hydroxyl groups excluding tert-OH is 9. The second-order valence-electron chi connectivity index (χ2n) is 22.9. The Morgan fingerprint density at radius 3 is 1.57 bits per heavy atom. The number of aliphatic hydroxyl groups is 9. The van der Waals surface area contributed by atoms with Gasteiger partial charge in [-0.05, 0) is 60.3 Å². The van der Waals surface area contributed by atoms with Crippen molar-refractivity contribution < 1.29 is 112 Å². The third kappa shape index (κ3) is 18.1. The van der Waals surface area contributed by atoms with Gasteiger partial charge in [0.05, 0.1) is 36.6 Å². The molecule has 6 heterocycles. The summed E-state index contributed by atoms with van der Waals surface area (Å²) in [4.78, 5) is 28.1. The summed E-state index contributed by atoms with van der Waals surface area (Å²) in [5.74, 6) is -1.41. The molecule has 0 spiro atoms. The van der Waals surface area contributed by atoms with Crippen LogP contribution in [0.25, 0.3) is 0 Å². The lowest BCUT2D eigenvalue weighted by Gasteiger charge is -2.51. The molecule has 79 heavy (non-hydrogen) atoms. The molecule has 0 aromatic carbocycles. The van der Waals surface area contributed by atoms with Crippen molar-refractivity contribution in [3.8, 4) is 0 Å². The number of esters is 2. The van der Waals surface area contributed by atoms with Gasteiger partial charge in [-0.1, -0.05) is 110 Å². The van der Waals surface area contributed by atoms with E-state index >= 15 is 0 Å². The zero-order valence-electron chi connectivity index (χ0n) is 47.6. The van der Waals surface area contributed by atoms with Gasteiger partial charge in [0, 0.05) is 12.8 Å². The Labute approximate surface area is 466 Å². The second-order valence-corrected chi connectivity index (χ2v) is 22.9. The molecule has 0 radical (unpaired) electrons. The van der Waals surface area contributed by atoms with Crippen LogP contribution in [-0.2, 0) is 66.4 Å². The molecule has 0 amide bonds.